The van der Waals surface area contributed by atoms with Gasteiger partial charge in [-0.25, -0.2) is 4.98 Å². The number of nitrogens with one attached hydrogen (secondary N) is 1. The number of nitrogens with zero attached hydrogens (tertiary/aromatic N) is 5. The van der Waals surface area contributed by atoms with Gasteiger partial charge in [0.2, 0.25) is 5.91 Å². The maximum Gasteiger partial charge on any atom is 0.235 e. The minimum atomic E-state index is -0.442. The molecule has 152 valence electrons. The van der Waals surface area contributed by atoms with Gasteiger partial charge in [-0.1, -0.05) is 6.07 Å². The second kappa shape index (κ2) is 8.88. The Labute approximate surface area is 176 Å². The third-order valence-electron chi connectivity index (χ3n) is 4.48. The number of aliphatic imine (C=N–C) groups is 1. The third-order valence-corrected chi connectivity index (χ3v) is 6.34. The Balaban J connectivity index is 1.65. The smallest absolute Gasteiger partial charge is 0.235 e. The highest BCUT2D eigenvalue weighted by atomic mass is 32.2. The van der Waals surface area contributed by atoms with Crippen LogP contribution in [0.1, 0.15) is 18.1 Å². The Bertz CT molecular complexity index is 1190. The highest BCUT2D eigenvalue weighted by Crippen LogP contribution is 2.29. The monoisotopic (exact) mass is 420 g/mol. The Kier molecular flexibility index (Phi) is 5.86. The van der Waals surface area contributed by atoms with Crippen molar-refractivity contribution < 1.29 is 9.53 Å². The lowest BCUT2D eigenvalue weighted by Gasteiger charge is -2.10. The number of hydrogen-bond acceptors (Lipinski definition) is 6. The summed E-state index contributed by atoms with van der Waals surface area (Å²) < 4.78 is 7.67. The Morgan fingerprint density at radius 2 is 2.37 bits per heavy atom. The number of benzene rings is 1. The summed E-state index contributed by atoms with van der Waals surface area (Å²) in [6.07, 6.45) is 6.89. The van der Waals surface area contributed by atoms with E-state index < -0.39 is 10.5 Å². The van der Waals surface area contributed by atoms with Gasteiger partial charge in [-0.2, -0.15) is 5.26 Å². The van der Waals surface area contributed by atoms with Crippen LogP contribution in [0, 0.1) is 11.3 Å². The largest absolute Gasteiger partial charge is 0.492 e. The maximum atomic E-state index is 12.0. The van der Waals surface area contributed by atoms with Crippen molar-refractivity contribution in [1.82, 2.24) is 19.9 Å². The van der Waals surface area contributed by atoms with Gasteiger partial charge in [-0.3, -0.25) is 14.8 Å². The zero-order chi connectivity index (χ0) is 20.9. The Morgan fingerprint density at radius 1 is 1.47 bits per heavy atom. The second-order valence-corrected chi connectivity index (χ2v) is 8.32. The second-order valence-electron chi connectivity index (χ2n) is 6.55. The average molecular weight is 420 g/mol. The molecule has 1 N–H and O–H groups in total. The predicted octanol–water partition coefficient (Wildman–Crippen LogP) is 2.31. The number of amides is 1. The van der Waals surface area contributed by atoms with E-state index in [0.717, 1.165) is 16.5 Å². The summed E-state index contributed by atoms with van der Waals surface area (Å²) in [5, 5.41) is 15.8. The van der Waals surface area contributed by atoms with Crippen LogP contribution in [0.15, 0.2) is 48.1 Å². The molecule has 0 radical (unpaired) electrons. The summed E-state index contributed by atoms with van der Waals surface area (Å²) in [5.74, 6) is 0.898. The molecular formula is C21H20N6O2S. The molecule has 1 atom stereocenters. The van der Waals surface area contributed by atoms with E-state index in [9.17, 15) is 10.1 Å². The van der Waals surface area contributed by atoms with Crippen LogP contribution >= 0.6 is 10.5 Å². The van der Waals surface area contributed by atoms with E-state index in [-0.39, 0.29) is 5.91 Å². The van der Waals surface area contributed by atoms with Gasteiger partial charge >= 0.3 is 0 Å². The lowest BCUT2D eigenvalue weighted by Crippen LogP contribution is -2.21. The first-order valence-corrected chi connectivity index (χ1v) is 10.9. The van der Waals surface area contributed by atoms with Crippen molar-refractivity contribution in [3.8, 4) is 11.8 Å². The van der Waals surface area contributed by atoms with Crippen molar-refractivity contribution in [3.63, 3.8) is 0 Å². The first-order chi connectivity index (χ1) is 14.7. The summed E-state index contributed by atoms with van der Waals surface area (Å²) >= 11 is 0. The van der Waals surface area contributed by atoms with Crippen LogP contribution in [-0.4, -0.2) is 49.9 Å². The summed E-state index contributed by atoms with van der Waals surface area (Å²) in [4.78, 5) is 25.0. The van der Waals surface area contributed by atoms with E-state index >= 15 is 0 Å². The van der Waals surface area contributed by atoms with Gasteiger partial charge in [0.25, 0.3) is 0 Å². The maximum absolute atomic E-state index is 12.0. The van der Waals surface area contributed by atoms with Gasteiger partial charge in [0.15, 0.2) is 5.17 Å². The van der Waals surface area contributed by atoms with Gasteiger partial charge < -0.3 is 14.6 Å². The number of aromatic nitrogens is 3. The molecule has 1 saturated heterocycles. The molecule has 1 amide bonds. The molecule has 2 aromatic heterocycles. The van der Waals surface area contributed by atoms with Crippen molar-refractivity contribution in [2.75, 3.05) is 18.9 Å². The minimum Gasteiger partial charge on any atom is -0.492 e. The number of carbonyl (C=O) groups excluding carboxylic acids is 1. The van der Waals surface area contributed by atoms with E-state index in [0.29, 0.717) is 41.9 Å². The van der Waals surface area contributed by atoms with E-state index in [1.54, 1.807) is 12.5 Å². The van der Waals surface area contributed by atoms with Crippen LogP contribution in [0.2, 0.25) is 0 Å². The quantitative estimate of drug-likeness (QED) is 0.616. The van der Waals surface area contributed by atoms with Gasteiger partial charge in [-0.15, -0.1) is 10.5 Å². The zero-order valence-corrected chi connectivity index (χ0v) is 17.2. The number of pyridine rings is 1. The Morgan fingerprint density at radius 3 is 3.13 bits per heavy atom. The molecule has 0 spiro atoms. The molecule has 0 bridgehead atoms. The zero-order valence-electron chi connectivity index (χ0n) is 16.4. The summed E-state index contributed by atoms with van der Waals surface area (Å²) in [6, 6.07) is 7.94. The first-order valence-electron chi connectivity index (χ1n) is 9.48. The molecule has 1 fully saturated rings. The van der Waals surface area contributed by atoms with Crippen molar-refractivity contribution in [2.24, 2.45) is 4.99 Å². The first kappa shape index (κ1) is 19.8. The number of ether oxygens (including phenoxy) is 1. The van der Waals surface area contributed by atoms with Gasteiger partial charge in [-0.05, 0) is 30.0 Å². The molecular weight excluding hydrogens is 400 g/mol. The van der Waals surface area contributed by atoms with Crippen LogP contribution in [0.5, 0.6) is 5.75 Å². The van der Waals surface area contributed by atoms with Crippen molar-refractivity contribution in [1.29, 1.82) is 5.26 Å². The molecule has 3 heterocycles. The highest BCUT2D eigenvalue weighted by Gasteiger charge is 2.21. The van der Waals surface area contributed by atoms with Crippen LogP contribution < -0.4 is 10.1 Å². The molecule has 8 nitrogen and oxygen atoms in total. The molecule has 1 aliphatic heterocycles. The third kappa shape index (κ3) is 4.23. The minimum absolute atomic E-state index is 0.0276. The average Bonchev–Trinajstić information content (AvgIpc) is 3.38. The fourth-order valence-electron chi connectivity index (χ4n) is 3.14. The molecule has 30 heavy (non-hydrogen) atoms. The lowest BCUT2D eigenvalue weighted by molar-refractivity contribution is -0.116. The SMILES string of the molecule is CCOc1c(C#N)cnc2ccc(/C=S3/CC(=O)NC3=NCCn3ccnc3)cc12. The number of rotatable bonds is 6. The highest BCUT2D eigenvalue weighted by molar-refractivity contribution is 8.29. The summed E-state index contributed by atoms with van der Waals surface area (Å²) in [7, 11) is -0.442. The van der Waals surface area contributed by atoms with Crippen LogP contribution in [0.25, 0.3) is 10.9 Å². The molecule has 9 heteroatoms. The molecule has 3 aromatic rings. The van der Waals surface area contributed by atoms with Crippen LogP contribution in [0.3, 0.4) is 0 Å². The van der Waals surface area contributed by atoms with Crippen LogP contribution in [-0.2, 0) is 11.3 Å². The van der Waals surface area contributed by atoms with Crippen molar-refractivity contribution >= 4 is 37.8 Å². The normalized spacial score (nSPS) is 17.4. The van der Waals surface area contributed by atoms with Crippen molar-refractivity contribution in [3.05, 3.63) is 54.2 Å². The molecule has 0 aliphatic carbocycles. The van der Waals surface area contributed by atoms with E-state index in [1.165, 1.54) is 6.20 Å². The molecule has 4 rings (SSSR count). The number of fused-ring (bicyclic) bond motifs is 1. The standard InChI is InChI=1S/C21H20N6O2S/c1-2-29-20-16(10-22)11-25-18-4-3-15(9-17(18)20)12-30-13-19(28)26-21(30)24-6-8-27-7-5-23-14-27/h3-5,7,9,11-12,14H,2,6,8,13H2,1H3,(H,24,26,28). The van der Waals surface area contributed by atoms with Gasteiger partial charge in [0.05, 0.1) is 30.7 Å². The Hall–Kier alpha value is -3.51. The van der Waals surface area contributed by atoms with E-state index in [1.807, 2.05) is 41.3 Å². The summed E-state index contributed by atoms with van der Waals surface area (Å²) in [6.45, 7) is 3.60. The van der Waals surface area contributed by atoms with E-state index in [2.05, 4.69) is 26.3 Å². The number of nitriles is 1. The van der Waals surface area contributed by atoms with Gasteiger partial charge in [0.1, 0.15) is 17.4 Å². The molecule has 1 unspecified atom stereocenters. The number of hydrogen-bond donors (Lipinski definition) is 1. The number of amidine groups is 1. The number of carbonyl (C=O) groups is 1. The lowest BCUT2D eigenvalue weighted by atomic mass is 10.1. The number of imidazole rings is 1. The molecule has 0 saturated carbocycles. The van der Waals surface area contributed by atoms with Gasteiger partial charge in [0, 0.05) is 30.5 Å². The topological polar surface area (TPSA) is 105 Å². The van der Waals surface area contributed by atoms with Crippen molar-refractivity contribution in [2.45, 2.75) is 13.5 Å². The van der Waals surface area contributed by atoms with E-state index in [4.69, 9.17) is 4.74 Å². The molecule has 1 aromatic carbocycles. The fraction of sp³-hybridized carbons (Fsp3) is 0.238. The molecule has 1 aliphatic rings. The van der Waals surface area contributed by atoms with Crippen LogP contribution in [0.4, 0.5) is 0 Å². The fourth-order valence-corrected chi connectivity index (χ4v) is 4.80. The summed E-state index contributed by atoms with van der Waals surface area (Å²) in [5.41, 5.74) is 2.10. The predicted molar refractivity (Wildman–Crippen MR) is 118 cm³/mol.